The highest BCUT2D eigenvalue weighted by molar-refractivity contribution is 6.00. The van der Waals surface area contributed by atoms with E-state index in [9.17, 15) is 4.79 Å². The van der Waals surface area contributed by atoms with E-state index in [-0.39, 0.29) is 11.9 Å². The summed E-state index contributed by atoms with van der Waals surface area (Å²) < 4.78 is 2.16. The molecule has 0 fully saturated rings. The molecule has 0 N–H and O–H groups in total. The van der Waals surface area contributed by atoms with E-state index in [0.717, 1.165) is 30.5 Å². The van der Waals surface area contributed by atoms with Crippen LogP contribution in [-0.4, -0.2) is 21.9 Å². The van der Waals surface area contributed by atoms with Gasteiger partial charge in [-0.25, -0.2) is 0 Å². The van der Waals surface area contributed by atoms with Gasteiger partial charge in [0.2, 0.25) is 0 Å². The van der Waals surface area contributed by atoms with Crippen molar-refractivity contribution in [3.63, 3.8) is 0 Å². The van der Waals surface area contributed by atoms with Crippen molar-refractivity contribution in [2.75, 3.05) is 6.54 Å². The number of unbranched alkanes of at least 4 members (excludes halogenated alkanes) is 1. The molecule has 0 saturated carbocycles. The van der Waals surface area contributed by atoms with Crippen LogP contribution in [0.3, 0.4) is 0 Å². The number of nitrogens with zero attached hydrogens (tertiary/aromatic N) is 2. The zero-order chi connectivity index (χ0) is 16.7. The van der Waals surface area contributed by atoms with Gasteiger partial charge in [0.25, 0.3) is 5.91 Å². The molecule has 1 aromatic heterocycles. The molecule has 2 aromatic carbocycles. The average molecular weight is 318 g/mol. The van der Waals surface area contributed by atoms with Crippen LogP contribution in [0.2, 0.25) is 0 Å². The molecule has 0 saturated heterocycles. The van der Waals surface area contributed by atoms with Gasteiger partial charge >= 0.3 is 0 Å². The first kappa shape index (κ1) is 15.0. The van der Waals surface area contributed by atoms with Crippen molar-refractivity contribution in [2.45, 2.75) is 25.8 Å². The lowest BCUT2D eigenvalue weighted by atomic mass is 9.97. The molecule has 1 amide bonds. The minimum atomic E-state index is 0.0198. The number of carbonyl (C=O) groups excluding carboxylic acids is 1. The highest BCUT2D eigenvalue weighted by Gasteiger charge is 2.38. The van der Waals surface area contributed by atoms with Crippen LogP contribution in [0.5, 0.6) is 0 Å². The van der Waals surface area contributed by atoms with E-state index in [1.54, 1.807) is 0 Å². The van der Waals surface area contributed by atoms with Gasteiger partial charge < -0.3 is 9.47 Å². The summed E-state index contributed by atoms with van der Waals surface area (Å²) in [6, 6.07) is 16.5. The fourth-order valence-electron chi connectivity index (χ4n) is 3.86. The zero-order valence-electron chi connectivity index (χ0n) is 14.2. The largest absolute Gasteiger partial charge is 0.350 e. The van der Waals surface area contributed by atoms with Gasteiger partial charge in [0, 0.05) is 41.8 Å². The number of fused-ring (bicyclic) bond motifs is 2. The molecule has 4 rings (SSSR count). The average Bonchev–Trinajstić information content (AvgIpc) is 3.09. The monoisotopic (exact) mass is 318 g/mol. The number of aromatic nitrogens is 1. The van der Waals surface area contributed by atoms with Gasteiger partial charge in [-0.05, 0) is 24.1 Å². The summed E-state index contributed by atoms with van der Waals surface area (Å²) in [5.41, 5.74) is 4.42. The third-order valence-electron chi connectivity index (χ3n) is 5.03. The maximum Gasteiger partial charge on any atom is 0.255 e. The summed E-state index contributed by atoms with van der Waals surface area (Å²) >= 11 is 0. The van der Waals surface area contributed by atoms with E-state index in [1.807, 2.05) is 18.2 Å². The highest BCUT2D eigenvalue weighted by atomic mass is 16.2. The standard InChI is InChI=1S/C21H22N2O/c1-3-4-13-23-20(16-10-5-6-11-17(16)21(23)24)18-14-22(2)19-12-8-7-9-15(18)19/h5-12,14,20H,3-4,13H2,1-2H3. The smallest absolute Gasteiger partial charge is 0.255 e. The molecule has 3 heteroatoms. The SMILES string of the molecule is CCCCN1C(=O)c2ccccc2C1c1cn(C)c2ccccc12. The molecule has 0 spiro atoms. The molecular formula is C21H22N2O. The third-order valence-corrected chi connectivity index (χ3v) is 5.03. The number of rotatable bonds is 4. The Morgan fingerprint density at radius 2 is 1.75 bits per heavy atom. The molecule has 1 atom stereocenters. The van der Waals surface area contributed by atoms with Crippen LogP contribution < -0.4 is 0 Å². The number of hydrogen-bond donors (Lipinski definition) is 0. The number of carbonyl (C=O) groups is 1. The maximum absolute atomic E-state index is 12.9. The fraction of sp³-hybridized carbons (Fsp3) is 0.286. The van der Waals surface area contributed by atoms with E-state index >= 15 is 0 Å². The lowest BCUT2D eigenvalue weighted by Crippen LogP contribution is -2.29. The molecule has 0 radical (unpaired) electrons. The molecule has 122 valence electrons. The topological polar surface area (TPSA) is 25.2 Å². The van der Waals surface area contributed by atoms with Crippen molar-refractivity contribution in [2.24, 2.45) is 7.05 Å². The quantitative estimate of drug-likeness (QED) is 0.694. The van der Waals surface area contributed by atoms with Gasteiger partial charge in [-0.3, -0.25) is 4.79 Å². The van der Waals surface area contributed by atoms with Crippen molar-refractivity contribution in [3.05, 3.63) is 71.4 Å². The van der Waals surface area contributed by atoms with Gasteiger partial charge in [0.05, 0.1) is 6.04 Å². The molecular weight excluding hydrogens is 296 g/mol. The minimum absolute atomic E-state index is 0.0198. The Morgan fingerprint density at radius 3 is 2.58 bits per heavy atom. The van der Waals surface area contributed by atoms with Crippen LogP contribution >= 0.6 is 0 Å². The van der Waals surface area contributed by atoms with E-state index < -0.39 is 0 Å². The molecule has 0 aliphatic carbocycles. The maximum atomic E-state index is 12.9. The lowest BCUT2D eigenvalue weighted by molar-refractivity contribution is 0.0748. The predicted octanol–water partition coefficient (Wildman–Crippen LogP) is 4.52. The third kappa shape index (κ3) is 2.15. The van der Waals surface area contributed by atoms with Crippen LogP contribution in [0.4, 0.5) is 0 Å². The Labute approximate surface area is 142 Å². The lowest BCUT2D eigenvalue weighted by Gasteiger charge is -2.25. The summed E-state index contributed by atoms with van der Waals surface area (Å²) in [6.07, 6.45) is 4.30. The van der Waals surface area contributed by atoms with Crippen LogP contribution in [0.15, 0.2) is 54.7 Å². The van der Waals surface area contributed by atoms with Gasteiger partial charge in [0.1, 0.15) is 0 Å². The minimum Gasteiger partial charge on any atom is -0.350 e. The van der Waals surface area contributed by atoms with Crippen molar-refractivity contribution < 1.29 is 4.79 Å². The molecule has 2 heterocycles. The highest BCUT2D eigenvalue weighted by Crippen LogP contribution is 2.41. The zero-order valence-corrected chi connectivity index (χ0v) is 14.2. The van der Waals surface area contributed by atoms with E-state index in [2.05, 4.69) is 60.0 Å². The first-order valence-corrected chi connectivity index (χ1v) is 8.66. The predicted molar refractivity (Wildman–Crippen MR) is 97.1 cm³/mol. The summed E-state index contributed by atoms with van der Waals surface area (Å²) in [7, 11) is 2.07. The molecule has 1 unspecified atom stereocenters. The van der Waals surface area contributed by atoms with Gasteiger partial charge in [-0.1, -0.05) is 49.7 Å². The Morgan fingerprint density at radius 1 is 1.00 bits per heavy atom. The summed E-state index contributed by atoms with van der Waals surface area (Å²) in [4.78, 5) is 15.0. The van der Waals surface area contributed by atoms with Crippen LogP contribution in [-0.2, 0) is 7.05 Å². The number of amides is 1. The van der Waals surface area contributed by atoms with Crippen LogP contribution in [0.25, 0.3) is 10.9 Å². The van der Waals surface area contributed by atoms with Crippen molar-refractivity contribution in [1.29, 1.82) is 0 Å². The Kier molecular flexibility index (Phi) is 3.64. The van der Waals surface area contributed by atoms with Gasteiger partial charge in [-0.2, -0.15) is 0 Å². The Bertz CT molecular complexity index is 909. The summed E-state index contributed by atoms with van der Waals surface area (Å²) in [5.74, 6) is 0.164. The number of aryl methyl sites for hydroxylation is 1. The molecule has 24 heavy (non-hydrogen) atoms. The normalized spacial score (nSPS) is 16.8. The summed E-state index contributed by atoms with van der Waals surface area (Å²) in [6.45, 7) is 2.97. The van der Waals surface area contributed by atoms with E-state index in [0.29, 0.717) is 0 Å². The molecule has 0 bridgehead atoms. The van der Waals surface area contributed by atoms with Crippen molar-refractivity contribution in [1.82, 2.24) is 9.47 Å². The molecule has 3 aromatic rings. The molecule has 1 aliphatic rings. The fourth-order valence-corrected chi connectivity index (χ4v) is 3.86. The molecule has 3 nitrogen and oxygen atoms in total. The number of hydrogen-bond acceptors (Lipinski definition) is 1. The van der Waals surface area contributed by atoms with Crippen LogP contribution in [0.1, 0.15) is 47.3 Å². The van der Waals surface area contributed by atoms with Crippen LogP contribution in [0, 0.1) is 0 Å². The number of para-hydroxylation sites is 1. The first-order valence-electron chi connectivity index (χ1n) is 8.66. The second kappa shape index (κ2) is 5.82. The number of benzene rings is 2. The van der Waals surface area contributed by atoms with E-state index in [4.69, 9.17) is 0 Å². The van der Waals surface area contributed by atoms with Gasteiger partial charge in [-0.15, -0.1) is 0 Å². The van der Waals surface area contributed by atoms with Crippen molar-refractivity contribution in [3.8, 4) is 0 Å². The second-order valence-corrected chi connectivity index (χ2v) is 6.55. The Hall–Kier alpha value is -2.55. The second-order valence-electron chi connectivity index (χ2n) is 6.55. The summed E-state index contributed by atoms with van der Waals surface area (Å²) in [5, 5.41) is 1.23. The van der Waals surface area contributed by atoms with Gasteiger partial charge in [0.15, 0.2) is 0 Å². The molecule has 1 aliphatic heterocycles. The van der Waals surface area contributed by atoms with Crippen molar-refractivity contribution >= 4 is 16.8 Å². The van der Waals surface area contributed by atoms with E-state index in [1.165, 1.54) is 16.5 Å². The Balaban J connectivity index is 1.91. The first-order chi connectivity index (χ1) is 11.7.